The van der Waals surface area contributed by atoms with Gasteiger partial charge in [0, 0.05) is 24.6 Å². The first-order valence-electron chi connectivity index (χ1n) is 8.43. The molecule has 4 heteroatoms. The highest BCUT2D eigenvalue weighted by Gasteiger charge is 2.34. The molecule has 1 heterocycles. The number of benzene rings is 1. The SMILES string of the molecule is CCN=C(NC1CCC1)NC1CC(C)(C)Oc2ccccc21. The summed E-state index contributed by atoms with van der Waals surface area (Å²) < 4.78 is 6.10. The largest absolute Gasteiger partial charge is 0.487 e. The minimum atomic E-state index is -0.167. The fraction of sp³-hybridized carbons (Fsp3) is 0.611. The average Bonchev–Trinajstić information content (AvgIpc) is 2.41. The molecular weight excluding hydrogens is 274 g/mol. The van der Waals surface area contributed by atoms with Crippen LogP contribution in [-0.2, 0) is 0 Å². The van der Waals surface area contributed by atoms with Crippen molar-refractivity contribution in [1.82, 2.24) is 10.6 Å². The van der Waals surface area contributed by atoms with E-state index in [0.717, 1.165) is 24.7 Å². The third-order valence-corrected chi connectivity index (χ3v) is 4.45. The molecule has 1 aliphatic heterocycles. The van der Waals surface area contributed by atoms with E-state index in [4.69, 9.17) is 4.74 Å². The molecule has 1 saturated carbocycles. The molecule has 3 rings (SSSR count). The van der Waals surface area contributed by atoms with Gasteiger partial charge in [-0.3, -0.25) is 4.99 Å². The van der Waals surface area contributed by atoms with Gasteiger partial charge in [0.1, 0.15) is 11.4 Å². The van der Waals surface area contributed by atoms with E-state index in [1.54, 1.807) is 0 Å². The molecule has 2 aliphatic rings. The van der Waals surface area contributed by atoms with Crippen molar-refractivity contribution in [1.29, 1.82) is 0 Å². The Morgan fingerprint density at radius 2 is 2.05 bits per heavy atom. The summed E-state index contributed by atoms with van der Waals surface area (Å²) in [7, 11) is 0. The molecule has 1 fully saturated rings. The molecule has 1 aliphatic carbocycles. The van der Waals surface area contributed by atoms with E-state index in [0.29, 0.717) is 6.04 Å². The Kier molecular flexibility index (Phi) is 4.27. The van der Waals surface area contributed by atoms with Crippen molar-refractivity contribution in [2.45, 2.75) is 64.1 Å². The van der Waals surface area contributed by atoms with E-state index in [2.05, 4.69) is 54.6 Å². The van der Waals surface area contributed by atoms with Gasteiger partial charge in [0.2, 0.25) is 0 Å². The Bertz CT molecular complexity index is 549. The van der Waals surface area contributed by atoms with Crippen molar-refractivity contribution in [2.24, 2.45) is 4.99 Å². The van der Waals surface area contributed by atoms with Crippen LogP contribution in [0.1, 0.15) is 58.1 Å². The van der Waals surface area contributed by atoms with Crippen molar-refractivity contribution in [3.63, 3.8) is 0 Å². The summed E-state index contributed by atoms with van der Waals surface area (Å²) >= 11 is 0. The van der Waals surface area contributed by atoms with Crippen LogP contribution in [0.4, 0.5) is 0 Å². The molecule has 120 valence electrons. The lowest BCUT2D eigenvalue weighted by Crippen LogP contribution is -2.49. The number of para-hydroxylation sites is 1. The van der Waals surface area contributed by atoms with Crippen LogP contribution in [0, 0.1) is 0 Å². The van der Waals surface area contributed by atoms with E-state index in [1.165, 1.54) is 24.8 Å². The number of nitrogens with zero attached hydrogens (tertiary/aromatic N) is 1. The predicted molar refractivity (Wildman–Crippen MR) is 90.4 cm³/mol. The topological polar surface area (TPSA) is 45.7 Å². The summed E-state index contributed by atoms with van der Waals surface area (Å²) in [6, 6.07) is 9.13. The summed E-state index contributed by atoms with van der Waals surface area (Å²) in [5, 5.41) is 7.18. The van der Waals surface area contributed by atoms with Crippen molar-refractivity contribution < 1.29 is 4.74 Å². The zero-order chi connectivity index (χ0) is 15.6. The molecule has 1 atom stereocenters. The van der Waals surface area contributed by atoms with E-state index < -0.39 is 0 Å². The van der Waals surface area contributed by atoms with Gasteiger partial charge in [0.05, 0.1) is 6.04 Å². The average molecular weight is 301 g/mol. The number of fused-ring (bicyclic) bond motifs is 1. The van der Waals surface area contributed by atoms with Gasteiger partial charge >= 0.3 is 0 Å². The molecular formula is C18H27N3O. The Balaban J connectivity index is 1.78. The Labute approximate surface area is 133 Å². The van der Waals surface area contributed by atoms with Crippen molar-refractivity contribution in [3.8, 4) is 5.75 Å². The maximum Gasteiger partial charge on any atom is 0.191 e. The Morgan fingerprint density at radius 3 is 2.73 bits per heavy atom. The first kappa shape index (κ1) is 15.2. The van der Waals surface area contributed by atoms with Gasteiger partial charge in [-0.25, -0.2) is 0 Å². The van der Waals surface area contributed by atoms with Crippen LogP contribution >= 0.6 is 0 Å². The summed E-state index contributed by atoms with van der Waals surface area (Å²) in [4.78, 5) is 4.61. The second kappa shape index (κ2) is 6.19. The fourth-order valence-corrected chi connectivity index (χ4v) is 3.13. The first-order valence-corrected chi connectivity index (χ1v) is 8.43. The molecule has 4 nitrogen and oxygen atoms in total. The van der Waals surface area contributed by atoms with Crippen molar-refractivity contribution >= 4 is 5.96 Å². The minimum Gasteiger partial charge on any atom is -0.487 e. The van der Waals surface area contributed by atoms with E-state index in [-0.39, 0.29) is 11.6 Å². The molecule has 2 N–H and O–H groups in total. The van der Waals surface area contributed by atoms with Crippen LogP contribution in [0.15, 0.2) is 29.3 Å². The number of hydrogen-bond acceptors (Lipinski definition) is 2. The second-order valence-corrected chi connectivity index (χ2v) is 6.90. The van der Waals surface area contributed by atoms with Crippen LogP contribution in [0.3, 0.4) is 0 Å². The summed E-state index contributed by atoms with van der Waals surface area (Å²) in [6.07, 6.45) is 4.75. The number of aliphatic imine (C=N–C) groups is 1. The Hall–Kier alpha value is -1.71. The highest BCUT2D eigenvalue weighted by Crippen LogP contribution is 2.39. The third kappa shape index (κ3) is 3.37. The molecule has 22 heavy (non-hydrogen) atoms. The number of guanidine groups is 1. The van der Waals surface area contributed by atoms with Crippen molar-refractivity contribution in [3.05, 3.63) is 29.8 Å². The van der Waals surface area contributed by atoms with Gasteiger partial charge in [0.15, 0.2) is 5.96 Å². The second-order valence-electron chi connectivity index (χ2n) is 6.90. The van der Waals surface area contributed by atoms with E-state index in [1.807, 2.05) is 6.07 Å². The highest BCUT2D eigenvalue weighted by molar-refractivity contribution is 5.80. The minimum absolute atomic E-state index is 0.167. The number of nitrogens with one attached hydrogen (secondary N) is 2. The lowest BCUT2D eigenvalue weighted by molar-refractivity contribution is 0.0693. The molecule has 1 aromatic carbocycles. The normalized spacial score (nSPS) is 24.0. The standard InChI is InChI=1S/C18H27N3O/c1-4-19-17(20-13-8-7-9-13)21-15-12-18(2,3)22-16-11-6-5-10-14(15)16/h5-6,10-11,13,15H,4,7-9,12H2,1-3H3,(H2,19,20,21). The third-order valence-electron chi connectivity index (χ3n) is 4.45. The molecule has 1 aromatic rings. The summed E-state index contributed by atoms with van der Waals surface area (Å²) in [5.74, 6) is 1.92. The molecule has 0 bridgehead atoms. The Morgan fingerprint density at radius 1 is 1.27 bits per heavy atom. The lowest BCUT2D eigenvalue weighted by atomic mass is 9.89. The van der Waals surface area contributed by atoms with E-state index >= 15 is 0 Å². The predicted octanol–water partition coefficient (Wildman–Crippen LogP) is 3.40. The zero-order valence-corrected chi connectivity index (χ0v) is 13.9. The fourth-order valence-electron chi connectivity index (χ4n) is 3.13. The van der Waals surface area contributed by atoms with Gasteiger partial charge in [0.25, 0.3) is 0 Å². The monoisotopic (exact) mass is 301 g/mol. The molecule has 0 spiro atoms. The van der Waals surface area contributed by atoms with Gasteiger partial charge in [-0.05, 0) is 46.1 Å². The molecule has 0 radical (unpaired) electrons. The van der Waals surface area contributed by atoms with Gasteiger partial charge in [-0.15, -0.1) is 0 Å². The molecule has 0 amide bonds. The number of hydrogen-bond donors (Lipinski definition) is 2. The van der Waals surface area contributed by atoms with Crippen LogP contribution in [0.5, 0.6) is 5.75 Å². The molecule has 1 unspecified atom stereocenters. The van der Waals surface area contributed by atoms with Crippen LogP contribution < -0.4 is 15.4 Å². The van der Waals surface area contributed by atoms with Crippen LogP contribution in [0.2, 0.25) is 0 Å². The van der Waals surface area contributed by atoms with Gasteiger partial charge < -0.3 is 15.4 Å². The van der Waals surface area contributed by atoms with Gasteiger partial charge in [-0.1, -0.05) is 18.2 Å². The smallest absolute Gasteiger partial charge is 0.191 e. The van der Waals surface area contributed by atoms with E-state index in [9.17, 15) is 0 Å². The zero-order valence-electron chi connectivity index (χ0n) is 13.9. The molecule has 0 aromatic heterocycles. The molecule has 0 saturated heterocycles. The maximum atomic E-state index is 6.10. The summed E-state index contributed by atoms with van der Waals surface area (Å²) in [6.45, 7) is 7.16. The maximum absolute atomic E-state index is 6.10. The number of ether oxygens (including phenoxy) is 1. The van der Waals surface area contributed by atoms with Crippen molar-refractivity contribution in [2.75, 3.05) is 6.54 Å². The lowest BCUT2D eigenvalue weighted by Gasteiger charge is -2.39. The highest BCUT2D eigenvalue weighted by atomic mass is 16.5. The summed E-state index contributed by atoms with van der Waals surface area (Å²) in [5.41, 5.74) is 1.06. The van der Waals surface area contributed by atoms with Crippen LogP contribution in [0.25, 0.3) is 0 Å². The van der Waals surface area contributed by atoms with Crippen LogP contribution in [-0.4, -0.2) is 24.1 Å². The quantitative estimate of drug-likeness (QED) is 0.664. The van der Waals surface area contributed by atoms with Gasteiger partial charge in [-0.2, -0.15) is 0 Å². The number of rotatable bonds is 3. The first-order chi connectivity index (χ1) is 10.6.